The van der Waals surface area contributed by atoms with Crippen LogP contribution in [0.3, 0.4) is 0 Å². The molecule has 0 saturated carbocycles. The molecular formula is C12H14N2O. The second-order valence-electron chi connectivity index (χ2n) is 4.39. The zero-order chi connectivity index (χ0) is 10.3. The second-order valence-corrected chi connectivity index (χ2v) is 4.39. The van der Waals surface area contributed by atoms with Crippen LogP contribution in [0.15, 0.2) is 29.3 Å². The zero-order valence-electron chi connectivity index (χ0n) is 8.57. The summed E-state index contributed by atoms with van der Waals surface area (Å²) in [6, 6.07) is 8.90. The van der Waals surface area contributed by atoms with Crippen LogP contribution >= 0.6 is 0 Å². The van der Waals surface area contributed by atoms with Gasteiger partial charge in [0.1, 0.15) is 5.60 Å². The number of amidine groups is 1. The first kappa shape index (κ1) is 8.77. The van der Waals surface area contributed by atoms with Crippen LogP contribution in [-0.4, -0.2) is 18.2 Å². The Hall–Kier alpha value is -1.51. The Morgan fingerprint density at radius 1 is 1.27 bits per heavy atom. The molecule has 1 aliphatic carbocycles. The number of aryl methyl sites for hydroxylation is 1. The summed E-state index contributed by atoms with van der Waals surface area (Å²) < 4.78 is 5.67. The summed E-state index contributed by atoms with van der Waals surface area (Å²) >= 11 is 0. The first-order valence-corrected chi connectivity index (χ1v) is 5.33. The minimum Gasteiger partial charge on any atom is -0.456 e. The van der Waals surface area contributed by atoms with Crippen molar-refractivity contribution in [1.82, 2.24) is 0 Å². The minimum atomic E-state index is -0.140. The predicted octanol–water partition coefficient (Wildman–Crippen LogP) is 1.26. The van der Waals surface area contributed by atoms with Gasteiger partial charge in [-0.15, -0.1) is 0 Å². The summed E-state index contributed by atoms with van der Waals surface area (Å²) in [6.07, 6.45) is 3.03. The molecule has 2 N–H and O–H groups in total. The summed E-state index contributed by atoms with van der Waals surface area (Å²) in [6.45, 7) is 0.715. The Morgan fingerprint density at radius 3 is 2.80 bits per heavy atom. The van der Waals surface area contributed by atoms with Crippen LogP contribution in [-0.2, 0) is 17.6 Å². The van der Waals surface area contributed by atoms with Crippen LogP contribution in [0.5, 0.6) is 0 Å². The highest BCUT2D eigenvalue weighted by Crippen LogP contribution is 2.34. The molecule has 15 heavy (non-hydrogen) atoms. The van der Waals surface area contributed by atoms with Crippen LogP contribution in [0.1, 0.15) is 17.5 Å². The lowest BCUT2D eigenvalue weighted by Gasteiger charge is -2.33. The monoisotopic (exact) mass is 202 g/mol. The Labute approximate surface area is 89.0 Å². The molecule has 2 aliphatic rings. The van der Waals surface area contributed by atoms with Crippen molar-refractivity contribution >= 4 is 6.02 Å². The normalized spacial score (nSPS) is 28.4. The third kappa shape index (κ3) is 1.39. The van der Waals surface area contributed by atoms with Gasteiger partial charge in [0, 0.05) is 6.42 Å². The van der Waals surface area contributed by atoms with E-state index in [-0.39, 0.29) is 5.60 Å². The first-order chi connectivity index (χ1) is 7.27. The van der Waals surface area contributed by atoms with E-state index in [4.69, 9.17) is 10.5 Å². The molecule has 1 aliphatic heterocycles. The number of rotatable bonds is 0. The number of benzene rings is 1. The molecule has 78 valence electrons. The van der Waals surface area contributed by atoms with Crippen molar-refractivity contribution in [3.05, 3.63) is 35.4 Å². The molecule has 1 aromatic rings. The Bertz CT molecular complexity index is 427. The van der Waals surface area contributed by atoms with Gasteiger partial charge in [0.25, 0.3) is 6.02 Å². The van der Waals surface area contributed by atoms with Crippen LogP contribution in [0, 0.1) is 0 Å². The molecule has 1 unspecified atom stereocenters. The number of nitrogens with zero attached hydrogens (tertiary/aromatic N) is 1. The van der Waals surface area contributed by atoms with E-state index >= 15 is 0 Å². The third-order valence-corrected chi connectivity index (χ3v) is 3.33. The van der Waals surface area contributed by atoms with Gasteiger partial charge in [0.15, 0.2) is 0 Å². The predicted molar refractivity (Wildman–Crippen MR) is 58.8 cm³/mol. The highest BCUT2D eigenvalue weighted by molar-refractivity contribution is 5.73. The maximum absolute atomic E-state index is 5.67. The molecule has 0 saturated heterocycles. The fourth-order valence-corrected chi connectivity index (χ4v) is 2.50. The second kappa shape index (κ2) is 2.99. The van der Waals surface area contributed by atoms with Crippen molar-refractivity contribution in [2.75, 3.05) is 6.54 Å². The van der Waals surface area contributed by atoms with E-state index in [0.29, 0.717) is 12.6 Å². The van der Waals surface area contributed by atoms with Crippen LogP contribution < -0.4 is 5.73 Å². The van der Waals surface area contributed by atoms with E-state index in [1.807, 2.05) is 0 Å². The SMILES string of the molecule is NC1=NCC2(CCc3ccccc3C2)O1. The molecule has 1 spiro atoms. The average molecular weight is 202 g/mol. The van der Waals surface area contributed by atoms with Crippen LogP contribution in [0.2, 0.25) is 0 Å². The maximum Gasteiger partial charge on any atom is 0.282 e. The van der Waals surface area contributed by atoms with E-state index < -0.39 is 0 Å². The lowest BCUT2D eigenvalue weighted by Crippen LogP contribution is -2.40. The maximum atomic E-state index is 5.67. The van der Waals surface area contributed by atoms with Gasteiger partial charge in [-0.05, 0) is 24.0 Å². The molecule has 0 aromatic heterocycles. The van der Waals surface area contributed by atoms with Gasteiger partial charge >= 0.3 is 0 Å². The van der Waals surface area contributed by atoms with Crippen molar-refractivity contribution in [3.63, 3.8) is 0 Å². The van der Waals surface area contributed by atoms with E-state index in [9.17, 15) is 0 Å². The summed E-state index contributed by atoms with van der Waals surface area (Å²) in [5, 5.41) is 0. The zero-order valence-corrected chi connectivity index (χ0v) is 8.57. The van der Waals surface area contributed by atoms with E-state index in [2.05, 4.69) is 29.3 Å². The van der Waals surface area contributed by atoms with Gasteiger partial charge < -0.3 is 10.5 Å². The Kier molecular flexibility index (Phi) is 1.75. The molecule has 3 rings (SSSR count). The number of nitrogens with two attached hydrogens (primary N) is 1. The molecule has 0 bridgehead atoms. The third-order valence-electron chi connectivity index (χ3n) is 3.33. The van der Waals surface area contributed by atoms with E-state index in [1.54, 1.807) is 0 Å². The molecule has 0 amide bonds. The lowest BCUT2D eigenvalue weighted by molar-refractivity contribution is 0.0703. The first-order valence-electron chi connectivity index (χ1n) is 5.33. The standard InChI is InChI=1S/C12H14N2O/c13-11-14-8-12(15-11)6-5-9-3-1-2-4-10(9)7-12/h1-4H,5-8H2,(H2,13,14). The van der Waals surface area contributed by atoms with E-state index in [1.165, 1.54) is 11.1 Å². The molecule has 3 heteroatoms. The number of hydrogen-bond acceptors (Lipinski definition) is 3. The van der Waals surface area contributed by atoms with Crippen molar-refractivity contribution in [1.29, 1.82) is 0 Å². The van der Waals surface area contributed by atoms with Crippen LogP contribution in [0.25, 0.3) is 0 Å². The van der Waals surface area contributed by atoms with Crippen molar-refractivity contribution in [3.8, 4) is 0 Å². The highest BCUT2D eigenvalue weighted by Gasteiger charge is 2.40. The molecule has 1 atom stereocenters. The molecule has 0 radical (unpaired) electrons. The van der Waals surface area contributed by atoms with Crippen LogP contribution in [0.4, 0.5) is 0 Å². The summed E-state index contributed by atoms with van der Waals surface area (Å²) in [5.74, 6) is 0. The Morgan fingerprint density at radius 2 is 2.07 bits per heavy atom. The molecule has 1 aromatic carbocycles. The fraction of sp³-hybridized carbons (Fsp3) is 0.417. The number of ether oxygens (including phenoxy) is 1. The average Bonchev–Trinajstić information content (AvgIpc) is 2.60. The quantitative estimate of drug-likeness (QED) is 0.688. The number of aliphatic imine (C=N–C) groups is 1. The smallest absolute Gasteiger partial charge is 0.282 e. The van der Waals surface area contributed by atoms with Gasteiger partial charge in [0.2, 0.25) is 0 Å². The summed E-state index contributed by atoms with van der Waals surface area (Å²) in [5.41, 5.74) is 8.27. The summed E-state index contributed by atoms with van der Waals surface area (Å²) in [7, 11) is 0. The van der Waals surface area contributed by atoms with E-state index in [0.717, 1.165) is 19.3 Å². The van der Waals surface area contributed by atoms with Gasteiger partial charge in [-0.3, -0.25) is 0 Å². The highest BCUT2D eigenvalue weighted by atomic mass is 16.5. The topological polar surface area (TPSA) is 47.6 Å². The molecule has 3 nitrogen and oxygen atoms in total. The van der Waals surface area contributed by atoms with Crippen molar-refractivity contribution < 1.29 is 4.74 Å². The molecular weight excluding hydrogens is 188 g/mol. The largest absolute Gasteiger partial charge is 0.456 e. The van der Waals surface area contributed by atoms with Gasteiger partial charge in [-0.1, -0.05) is 24.3 Å². The summed E-state index contributed by atoms with van der Waals surface area (Å²) in [4.78, 5) is 4.16. The van der Waals surface area contributed by atoms with Crippen molar-refractivity contribution in [2.24, 2.45) is 10.7 Å². The molecule has 0 fully saturated rings. The Balaban J connectivity index is 1.90. The van der Waals surface area contributed by atoms with Gasteiger partial charge in [-0.25, -0.2) is 4.99 Å². The fourth-order valence-electron chi connectivity index (χ4n) is 2.50. The minimum absolute atomic E-state index is 0.140. The number of hydrogen-bond donors (Lipinski definition) is 1. The lowest BCUT2D eigenvalue weighted by atomic mass is 9.80. The van der Waals surface area contributed by atoms with Gasteiger partial charge in [0.05, 0.1) is 6.54 Å². The number of fused-ring (bicyclic) bond motifs is 1. The van der Waals surface area contributed by atoms with Gasteiger partial charge in [-0.2, -0.15) is 0 Å². The molecule has 1 heterocycles. The van der Waals surface area contributed by atoms with Crippen molar-refractivity contribution in [2.45, 2.75) is 24.9 Å².